The van der Waals surface area contributed by atoms with Gasteiger partial charge >= 0.3 is 0 Å². The molecule has 0 aliphatic carbocycles. The zero-order valence-corrected chi connectivity index (χ0v) is 13.9. The van der Waals surface area contributed by atoms with E-state index in [1.54, 1.807) is 11.0 Å². The van der Waals surface area contributed by atoms with Crippen molar-refractivity contribution in [2.75, 3.05) is 7.05 Å². The van der Waals surface area contributed by atoms with E-state index in [0.717, 1.165) is 10.0 Å². The number of carbonyl (C=O) groups excluding carboxylic acids is 1. The van der Waals surface area contributed by atoms with E-state index in [4.69, 9.17) is 0 Å². The topological polar surface area (TPSA) is 20.3 Å². The molecule has 0 heterocycles. The molecule has 20 heavy (non-hydrogen) atoms. The molecule has 0 aromatic heterocycles. The minimum Gasteiger partial charge on any atom is -0.337 e. The van der Waals surface area contributed by atoms with E-state index in [2.05, 4.69) is 41.5 Å². The molecule has 0 aliphatic heterocycles. The number of rotatable bonds is 3. The van der Waals surface area contributed by atoms with Crippen LogP contribution in [0.5, 0.6) is 0 Å². The summed E-state index contributed by atoms with van der Waals surface area (Å²) < 4.78 is 0.917. The molecule has 0 fully saturated rings. The van der Waals surface area contributed by atoms with Crippen molar-refractivity contribution in [3.63, 3.8) is 0 Å². The van der Waals surface area contributed by atoms with E-state index in [9.17, 15) is 4.79 Å². The molecular weight excluding hydrogens is 334 g/mol. The van der Waals surface area contributed by atoms with Crippen LogP contribution in [0.25, 0.3) is 0 Å². The number of hydrogen-bond donors (Lipinski definition) is 1. The second kappa shape index (κ2) is 6.46. The summed E-state index contributed by atoms with van der Waals surface area (Å²) in [6.45, 7) is 2.64. The van der Waals surface area contributed by atoms with Crippen molar-refractivity contribution in [2.45, 2.75) is 18.4 Å². The molecule has 0 unspecified atom stereocenters. The minimum absolute atomic E-state index is 0.0225. The van der Waals surface area contributed by atoms with Crippen LogP contribution >= 0.6 is 28.6 Å². The molecule has 2 nitrogen and oxygen atoms in total. The van der Waals surface area contributed by atoms with Gasteiger partial charge in [-0.2, -0.15) is 0 Å². The Hall–Kier alpha value is -1.26. The zero-order chi connectivity index (χ0) is 14.7. The first kappa shape index (κ1) is 15.1. The predicted octanol–water partition coefficient (Wildman–Crippen LogP) is 4.32. The average Bonchev–Trinajstić information content (AvgIpc) is 2.40. The molecule has 0 aliphatic rings. The largest absolute Gasteiger partial charge is 0.337 e. The molecule has 0 spiro atoms. The van der Waals surface area contributed by atoms with Crippen LogP contribution in [0.2, 0.25) is 0 Å². The molecule has 104 valence electrons. The van der Waals surface area contributed by atoms with Crippen LogP contribution in [0.15, 0.2) is 51.8 Å². The maximum atomic E-state index is 12.5. The van der Waals surface area contributed by atoms with Crippen LogP contribution in [0.3, 0.4) is 0 Å². The van der Waals surface area contributed by atoms with Crippen LogP contribution in [0.4, 0.5) is 0 Å². The molecule has 1 amide bonds. The number of halogens is 1. The molecule has 0 N–H and O–H groups in total. The van der Waals surface area contributed by atoms with Gasteiger partial charge in [0.25, 0.3) is 5.91 Å². The molecule has 2 aromatic rings. The van der Waals surface area contributed by atoms with E-state index in [-0.39, 0.29) is 5.91 Å². The van der Waals surface area contributed by atoms with Gasteiger partial charge in [-0.05, 0) is 36.2 Å². The highest BCUT2D eigenvalue weighted by Gasteiger charge is 2.15. The van der Waals surface area contributed by atoms with E-state index in [1.165, 1.54) is 5.56 Å². The standard InChI is InChI=1S/C16H16BrNOS/c1-11-5-3-4-6-12(11)10-18(2)16(19)14-8-7-13(17)9-15(14)20/h3-9,20H,10H2,1-2H3. The van der Waals surface area contributed by atoms with E-state index in [1.807, 2.05) is 37.4 Å². The molecule has 2 aromatic carbocycles. The summed E-state index contributed by atoms with van der Waals surface area (Å²) in [4.78, 5) is 14.8. The van der Waals surface area contributed by atoms with Gasteiger partial charge in [0.2, 0.25) is 0 Å². The average molecular weight is 350 g/mol. The Morgan fingerprint density at radius 1 is 1.25 bits per heavy atom. The predicted molar refractivity (Wildman–Crippen MR) is 88.4 cm³/mol. The van der Waals surface area contributed by atoms with Crippen LogP contribution in [0.1, 0.15) is 21.5 Å². The van der Waals surface area contributed by atoms with Crippen LogP contribution in [0, 0.1) is 6.92 Å². The SMILES string of the molecule is Cc1ccccc1CN(C)C(=O)c1ccc(Br)cc1S. The first-order valence-corrected chi connectivity index (χ1v) is 7.51. The van der Waals surface area contributed by atoms with E-state index < -0.39 is 0 Å². The van der Waals surface area contributed by atoms with E-state index in [0.29, 0.717) is 17.0 Å². The Kier molecular flexibility index (Phi) is 4.89. The fourth-order valence-corrected chi connectivity index (χ4v) is 2.85. The van der Waals surface area contributed by atoms with Crippen LogP contribution < -0.4 is 0 Å². The van der Waals surface area contributed by atoms with Gasteiger partial charge in [0.05, 0.1) is 5.56 Å². The van der Waals surface area contributed by atoms with Gasteiger partial charge in [-0.3, -0.25) is 4.79 Å². The smallest absolute Gasteiger partial charge is 0.255 e. The highest BCUT2D eigenvalue weighted by Crippen LogP contribution is 2.21. The first-order chi connectivity index (χ1) is 9.49. The summed E-state index contributed by atoms with van der Waals surface area (Å²) in [5.74, 6) is -0.0225. The lowest BCUT2D eigenvalue weighted by Gasteiger charge is -2.19. The quantitative estimate of drug-likeness (QED) is 0.818. The lowest BCUT2D eigenvalue weighted by molar-refractivity contribution is 0.0781. The molecule has 2 rings (SSSR count). The second-order valence-electron chi connectivity index (χ2n) is 4.75. The van der Waals surface area contributed by atoms with Crippen molar-refractivity contribution in [3.05, 3.63) is 63.6 Å². The lowest BCUT2D eigenvalue weighted by Crippen LogP contribution is -2.26. The van der Waals surface area contributed by atoms with Gasteiger partial charge in [-0.15, -0.1) is 12.6 Å². The maximum Gasteiger partial charge on any atom is 0.255 e. The number of thiol groups is 1. The summed E-state index contributed by atoms with van der Waals surface area (Å²) in [6.07, 6.45) is 0. The van der Waals surface area contributed by atoms with Gasteiger partial charge in [0, 0.05) is 23.0 Å². The van der Waals surface area contributed by atoms with E-state index >= 15 is 0 Å². The Labute approximate surface area is 133 Å². The normalized spacial score (nSPS) is 10.4. The monoisotopic (exact) mass is 349 g/mol. The molecule has 0 saturated carbocycles. The molecule has 0 saturated heterocycles. The minimum atomic E-state index is -0.0225. The Morgan fingerprint density at radius 2 is 1.95 bits per heavy atom. The van der Waals surface area contributed by atoms with Gasteiger partial charge in [0.15, 0.2) is 0 Å². The molecule has 0 radical (unpaired) electrons. The van der Waals surface area contributed by atoms with Crippen LogP contribution in [-0.4, -0.2) is 17.9 Å². The molecular formula is C16H16BrNOS. The zero-order valence-electron chi connectivity index (χ0n) is 11.4. The highest BCUT2D eigenvalue weighted by atomic mass is 79.9. The van der Waals surface area contributed by atoms with Crippen molar-refractivity contribution in [3.8, 4) is 0 Å². The first-order valence-electron chi connectivity index (χ1n) is 6.27. The number of aryl methyl sites for hydroxylation is 1. The lowest BCUT2D eigenvalue weighted by atomic mass is 10.1. The molecule has 0 atom stereocenters. The summed E-state index contributed by atoms with van der Waals surface area (Å²) in [5.41, 5.74) is 2.96. The number of amides is 1. The molecule has 0 bridgehead atoms. The third-order valence-electron chi connectivity index (χ3n) is 3.21. The van der Waals surface area contributed by atoms with Crippen LogP contribution in [-0.2, 0) is 6.54 Å². The number of benzene rings is 2. The van der Waals surface area contributed by atoms with Gasteiger partial charge in [-0.25, -0.2) is 0 Å². The molecule has 4 heteroatoms. The van der Waals surface area contributed by atoms with Crippen molar-refractivity contribution in [1.82, 2.24) is 4.90 Å². The van der Waals surface area contributed by atoms with Gasteiger partial charge in [-0.1, -0.05) is 40.2 Å². The Balaban J connectivity index is 2.19. The third kappa shape index (κ3) is 3.44. The second-order valence-corrected chi connectivity index (χ2v) is 6.15. The van der Waals surface area contributed by atoms with Gasteiger partial charge < -0.3 is 4.90 Å². The van der Waals surface area contributed by atoms with Crippen molar-refractivity contribution < 1.29 is 4.79 Å². The maximum absolute atomic E-state index is 12.5. The number of nitrogens with zero attached hydrogens (tertiary/aromatic N) is 1. The summed E-state index contributed by atoms with van der Waals surface area (Å²) >= 11 is 7.74. The highest BCUT2D eigenvalue weighted by molar-refractivity contribution is 9.10. The summed E-state index contributed by atoms with van der Waals surface area (Å²) in [7, 11) is 1.81. The fourth-order valence-electron chi connectivity index (χ4n) is 2.01. The Morgan fingerprint density at radius 3 is 2.60 bits per heavy atom. The number of hydrogen-bond acceptors (Lipinski definition) is 2. The summed E-state index contributed by atoms with van der Waals surface area (Å²) in [6, 6.07) is 13.6. The fraction of sp³-hybridized carbons (Fsp3) is 0.188. The number of carbonyl (C=O) groups is 1. The van der Waals surface area contributed by atoms with Crippen molar-refractivity contribution in [1.29, 1.82) is 0 Å². The Bertz CT molecular complexity index is 642. The van der Waals surface area contributed by atoms with Crippen molar-refractivity contribution >= 4 is 34.5 Å². The van der Waals surface area contributed by atoms with Gasteiger partial charge in [0.1, 0.15) is 0 Å². The third-order valence-corrected chi connectivity index (χ3v) is 4.07. The van der Waals surface area contributed by atoms with Crippen molar-refractivity contribution in [2.24, 2.45) is 0 Å². The summed E-state index contributed by atoms with van der Waals surface area (Å²) in [5, 5.41) is 0.